The predicted molar refractivity (Wildman–Crippen MR) is 101 cm³/mol. The van der Waals surface area contributed by atoms with E-state index in [1.807, 2.05) is 31.2 Å². The van der Waals surface area contributed by atoms with Gasteiger partial charge in [-0.25, -0.2) is 0 Å². The fourth-order valence-corrected chi connectivity index (χ4v) is 3.42. The number of carbonyl (C=O) groups excluding carboxylic acids is 1. The Morgan fingerprint density at radius 3 is 2.88 bits per heavy atom. The number of halogens is 1. The van der Waals surface area contributed by atoms with E-state index in [1.54, 1.807) is 0 Å². The van der Waals surface area contributed by atoms with E-state index < -0.39 is 0 Å². The Balaban J connectivity index is 1.36. The average molecular weight is 377 g/mol. The van der Waals surface area contributed by atoms with Crippen LogP contribution in [0.5, 0.6) is 0 Å². The molecule has 2 heterocycles. The van der Waals surface area contributed by atoms with Gasteiger partial charge in [-0.2, -0.15) is 4.98 Å². The zero-order chi connectivity index (χ0) is 18.4. The molecule has 0 bridgehead atoms. The molecule has 1 saturated heterocycles. The van der Waals surface area contributed by atoms with Crippen LogP contribution in [0.2, 0.25) is 5.02 Å². The van der Waals surface area contributed by atoms with Crippen molar-refractivity contribution < 1.29 is 9.32 Å². The number of anilines is 1. The largest absolute Gasteiger partial charge is 0.352 e. The van der Waals surface area contributed by atoms with Crippen molar-refractivity contribution in [2.24, 2.45) is 5.92 Å². The first-order valence-electron chi connectivity index (χ1n) is 9.22. The van der Waals surface area contributed by atoms with Crippen LogP contribution < -0.4 is 10.2 Å². The van der Waals surface area contributed by atoms with Gasteiger partial charge in [-0.05, 0) is 48.0 Å². The molecule has 0 aliphatic carbocycles. The van der Waals surface area contributed by atoms with Crippen LogP contribution in [0, 0.1) is 5.92 Å². The van der Waals surface area contributed by atoms with Crippen LogP contribution in [0.3, 0.4) is 0 Å². The Hall–Kier alpha value is -2.08. The summed E-state index contributed by atoms with van der Waals surface area (Å²) in [5.41, 5.74) is 1.02. The van der Waals surface area contributed by atoms with Gasteiger partial charge < -0.3 is 14.7 Å². The summed E-state index contributed by atoms with van der Waals surface area (Å²) in [6.07, 6.45) is 4.35. The number of nitrogens with one attached hydrogen (secondary N) is 1. The second kappa shape index (κ2) is 9.03. The van der Waals surface area contributed by atoms with Crippen LogP contribution in [0.15, 0.2) is 28.8 Å². The smallest absolute Gasteiger partial charge is 0.266 e. The standard InChI is InChI=1S/C19H25ClN4O2/c1-2-18-22-19(23-26-18)24-10-8-14(9-11-24)6-7-17(25)21-13-15-4-3-5-16(20)12-15/h3-5,12,14H,2,6-11,13H2,1H3,(H,21,25). The summed E-state index contributed by atoms with van der Waals surface area (Å²) in [7, 11) is 0. The van der Waals surface area contributed by atoms with E-state index in [-0.39, 0.29) is 5.91 Å². The first-order chi connectivity index (χ1) is 12.6. The summed E-state index contributed by atoms with van der Waals surface area (Å²) < 4.78 is 5.18. The van der Waals surface area contributed by atoms with Crippen LogP contribution in [0.1, 0.15) is 44.1 Å². The maximum Gasteiger partial charge on any atom is 0.266 e. The van der Waals surface area contributed by atoms with Crippen molar-refractivity contribution in [1.29, 1.82) is 0 Å². The van der Waals surface area contributed by atoms with E-state index in [1.165, 1.54) is 0 Å². The highest BCUT2D eigenvalue weighted by molar-refractivity contribution is 6.30. The molecule has 0 atom stereocenters. The Labute approximate surface area is 158 Å². The van der Waals surface area contributed by atoms with Crippen LogP contribution in [0.25, 0.3) is 0 Å². The number of aromatic nitrogens is 2. The van der Waals surface area contributed by atoms with Crippen LogP contribution in [0.4, 0.5) is 5.95 Å². The molecule has 1 N–H and O–H groups in total. The molecular weight excluding hydrogens is 352 g/mol. The lowest BCUT2D eigenvalue weighted by molar-refractivity contribution is -0.121. The van der Waals surface area contributed by atoms with E-state index in [0.717, 1.165) is 44.3 Å². The molecule has 1 fully saturated rings. The second-order valence-electron chi connectivity index (χ2n) is 6.72. The molecule has 26 heavy (non-hydrogen) atoms. The first-order valence-corrected chi connectivity index (χ1v) is 9.60. The molecule has 7 heteroatoms. The fraction of sp³-hybridized carbons (Fsp3) is 0.526. The van der Waals surface area contributed by atoms with Gasteiger partial charge in [0.2, 0.25) is 11.8 Å². The van der Waals surface area contributed by atoms with E-state index in [2.05, 4.69) is 20.4 Å². The molecule has 0 radical (unpaired) electrons. The molecule has 0 spiro atoms. The van der Waals surface area contributed by atoms with Gasteiger partial charge in [-0.1, -0.05) is 30.7 Å². The molecule has 6 nitrogen and oxygen atoms in total. The molecular formula is C19H25ClN4O2. The van der Waals surface area contributed by atoms with Gasteiger partial charge >= 0.3 is 0 Å². The number of nitrogens with zero attached hydrogens (tertiary/aromatic N) is 3. The third-order valence-corrected chi connectivity index (χ3v) is 5.05. The number of piperidine rings is 1. The summed E-state index contributed by atoms with van der Waals surface area (Å²) in [4.78, 5) is 18.6. The highest BCUT2D eigenvalue weighted by atomic mass is 35.5. The Morgan fingerprint density at radius 2 is 2.19 bits per heavy atom. The van der Waals surface area contributed by atoms with Gasteiger partial charge in [-0.3, -0.25) is 4.79 Å². The molecule has 1 amide bonds. The summed E-state index contributed by atoms with van der Waals surface area (Å²) >= 11 is 5.96. The maximum absolute atomic E-state index is 12.1. The van der Waals surface area contributed by atoms with E-state index in [0.29, 0.717) is 35.7 Å². The van der Waals surface area contributed by atoms with Gasteiger partial charge in [0.1, 0.15) is 0 Å². The normalized spacial score (nSPS) is 15.2. The van der Waals surface area contributed by atoms with Gasteiger partial charge in [0, 0.05) is 37.5 Å². The molecule has 1 aliphatic rings. The lowest BCUT2D eigenvalue weighted by atomic mass is 9.92. The fourth-order valence-electron chi connectivity index (χ4n) is 3.21. The number of amides is 1. The summed E-state index contributed by atoms with van der Waals surface area (Å²) in [5, 5.41) is 7.70. The Morgan fingerprint density at radius 1 is 1.38 bits per heavy atom. The number of rotatable bonds is 7. The van der Waals surface area contributed by atoms with Gasteiger partial charge in [0.15, 0.2) is 0 Å². The maximum atomic E-state index is 12.1. The van der Waals surface area contributed by atoms with Crippen molar-refractivity contribution in [2.75, 3.05) is 18.0 Å². The van der Waals surface area contributed by atoms with Crippen molar-refractivity contribution >= 4 is 23.5 Å². The zero-order valence-electron chi connectivity index (χ0n) is 15.1. The third kappa shape index (κ3) is 5.21. The summed E-state index contributed by atoms with van der Waals surface area (Å²) in [6, 6.07) is 7.56. The molecule has 1 aliphatic heterocycles. The highest BCUT2D eigenvalue weighted by Crippen LogP contribution is 2.24. The average Bonchev–Trinajstić information content (AvgIpc) is 3.14. The number of benzene rings is 1. The van der Waals surface area contributed by atoms with Gasteiger partial charge in [0.05, 0.1) is 0 Å². The van der Waals surface area contributed by atoms with Gasteiger partial charge in [-0.15, -0.1) is 0 Å². The van der Waals surface area contributed by atoms with E-state index in [9.17, 15) is 4.79 Å². The summed E-state index contributed by atoms with van der Waals surface area (Å²) in [6.45, 7) is 4.35. The molecule has 2 aromatic rings. The minimum atomic E-state index is 0.0955. The molecule has 1 aromatic heterocycles. The number of hydrogen-bond acceptors (Lipinski definition) is 5. The minimum Gasteiger partial charge on any atom is -0.352 e. The molecule has 1 aromatic carbocycles. The molecule has 140 valence electrons. The van der Waals surface area contributed by atoms with Crippen LogP contribution >= 0.6 is 11.6 Å². The number of carbonyl (C=O) groups is 1. The van der Waals surface area contributed by atoms with Crippen LogP contribution in [-0.2, 0) is 17.8 Å². The molecule has 3 rings (SSSR count). The van der Waals surface area contributed by atoms with Crippen molar-refractivity contribution in [3.05, 3.63) is 40.7 Å². The lowest BCUT2D eigenvalue weighted by Crippen LogP contribution is -2.35. The quantitative estimate of drug-likeness (QED) is 0.799. The van der Waals surface area contributed by atoms with Crippen molar-refractivity contribution in [1.82, 2.24) is 15.5 Å². The van der Waals surface area contributed by atoms with Gasteiger partial charge in [0.25, 0.3) is 5.95 Å². The second-order valence-corrected chi connectivity index (χ2v) is 7.15. The van der Waals surface area contributed by atoms with E-state index >= 15 is 0 Å². The first kappa shape index (κ1) is 18.7. The Kier molecular flexibility index (Phi) is 6.50. The van der Waals surface area contributed by atoms with Crippen LogP contribution in [-0.4, -0.2) is 29.1 Å². The highest BCUT2D eigenvalue weighted by Gasteiger charge is 2.22. The minimum absolute atomic E-state index is 0.0955. The number of aryl methyl sites for hydroxylation is 1. The number of hydrogen-bond donors (Lipinski definition) is 1. The molecule has 0 saturated carbocycles. The monoisotopic (exact) mass is 376 g/mol. The van der Waals surface area contributed by atoms with Crippen molar-refractivity contribution in [3.8, 4) is 0 Å². The Bertz CT molecular complexity index is 726. The van der Waals surface area contributed by atoms with Crippen molar-refractivity contribution in [3.63, 3.8) is 0 Å². The predicted octanol–water partition coefficient (Wildman–Crippen LogP) is 3.60. The van der Waals surface area contributed by atoms with E-state index in [4.69, 9.17) is 16.1 Å². The summed E-state index contributed by atoms with van der Waals surface area (Å²) in [5.74, 6) is 2.04. The SMILES string of the molecule is CCc1nc(N2CCC(CCC(=O)NCc3cccc(Cl)c3)CC2)no1. The third-order valence-electron chi connectivity index (χ3n) is 4.82. The zero-order valence-corrected chi connectivity index (χ0v) is 15.8. The molecule has 0 unspecified atom stereocenters. The topological polar surface area (TPSA) is 71.3 Å². The van der Waals surface area contributed by atoms with Crippen molar-refractivity contribution in [2.45, 2.75) is 45.6 Å². The lowest BCUT2D eigenvalue weighted by Gasteiger charge is -2.30.